The Hall–Kier alpha value is -3.78. The van der Waals surface area contributed by atoms with E-state index in [1.54, 1.807) is 7.11 Å². The summed E-state index contributed by atoms with van der Waals surface area (Å²) in [5.41, 5.74) is 6.26. The predicted molar refractivity (Wildman–Crippen MR) is 145 cm³/mol. The number of methoxy groups -OCH3 is 1. The number of β-amino-alcohol motifs (C(OH)–C–C–N with tert-alkyl or cyclic N) is 1. The van der Waals surface area contributed by atoms with Gasteiger partial charge in [-0.2, -0.15) is 0 Å². The minimum atomic E-state index is -0.195. The number of aromatic nitrogens is 3. The lowest BCUT2D eigenvalue weighted by Gasteiger charge is -2.15. The van der Waals surface area contributed by atoms with Gasteiger partial charge in [-0.25, -0.2) is 9.97 Å². The molecule has 6 rings (SSSR count). The van der Waals surface area contributed by atoms with Gasteiger partial charge < -0.3 is 14.6 Å². The monoisotopic (exact) mass is 494 g/mol. The van der Waals surface area contributed by atoms with Crippen molar-refractivity contribution in [1.82, 2.24) is 19.4 Å². The number of benzene rings is 3. The molecule has 1 aliphatic heterocycles. The van der Waals surface area contributed by atoms with Crippen LogP contribution in [0.15, 0.2) is 79.1 Å². The fraction of sp³-hybridized carbons (Fsp3) is 0.267. The zero-order chi connectivity index (χ0) is 25.2. The third-order valence-electron chi connectivity index (χ3n) is 6.95. The van der Waals surface area contributed by atoms with Gasteiger partial charge in [0, 0.05) is 43.8 Å². The molecular formula is C30H30N4O3. The molecule has 0 spiro atoms. The molecule has 0 aliphatic carbocycles. The number of likely N-dealkylation sites (tertiary alicyclic amines) is 1. The summed E-state index contributed by atoms with van der Waals surface area (Å²) in [5, 5.41) is 10.9. The number of pyridine rings is 1. The normalized spacial score (nSPS) is 16.1. The van der Waals surface area contributed by atoms with Crippen molar-refractivity contribution in [2.24, 2.45) is 0 Å². The van der Waals surface area contributed by atoms with Crippen molar-refractivity contribution < 1.29 is 14.6 Å². The molecule has 0 saturated carbocycles. The first kappa shape index (κ1) is 23.6. The lowest BCUT2D eigenvalue weighted by Crippen LogP contribution is -2.21. The molecule has 0 bridgehead atoms. The van der Waals surface area contributed by atoms with Gasteiger partial charge >= 0.3 is 0 Å². The summed E-state index contributed by atoms with van der Waals surface area (Å²) in [7, 11) is 1.66. The van der Waals surface area contributed by atoms with Gasteiger partial charge in [-0.05, 0) is 41.8 Å². The second-order valence-corrected chi connectivity index (χ2v) is 9.53. The molecule has 0 radical (unpaired) electrons. The number of hydrogen-bond donors (Lipinski definition) is 1. The van der Waals surface area contributed by atoms with E-state index in [9.17, 15) is 5.11 Å². The maximum Gasteiger partial charge on any atom is 0.139 e. The van der Waals surface area contributed by atoms with Crippen LogP contribution in [0.4, 0.5) is 0 Å². The Morgan fingerprint density at radius 1 is 1.00 bits per heavy atom. The Bertz CT molecular complexity index is 1530. The van der Waals surface area contributed by atoms with Crippen LogP contribution in [0.5, 0.6) is 5.75 Å². The average molecular weight is 495 g/mol. The third kappa shape index (κ3) is 4.93. The molecule has 1 saturated heterocycles. The summed E-state index contributed by atoms with van der Waals surface area (Å²) < 4.78 is 12.8. The molecule has 3 heterocycles. The molecular weight excluding hydrogens is 464 g/mol. The highest BCUT2D eigenvalue weighted by Gasteiger charge is 2.20. The van der Waals surface area contributed by atoms with Crippen molar-refractivity contribution in [3.8, 4) is 22.7 Å². The summed E-state index contributed by atoms with van der Waals surface area (Å²) in [4.78, 5) is 12.0. The van der Waals surface area contributed by atoms with Gasteiger partial charge in [0.05, 0.1) is 29.3 Å². The smallest absolute Gasteiger partial charge is 0.139 e. The summed E-state index contributed by atoms with van der Waals surface area (Å²) >= 11 is 0. The zero-order valence-corrected chi connectivity index (χ0v) is 20.9. The van der Waals surface area contributed by atoms with Crippen molar-refractivity contribution >= 4 is 21.9 Å². The second kappa shape index (κ2) is 10.3. The molecule has 5 aromatic rings. The molecule has 188 valence electrons. The molecule has 37 heavy (non-hydrogen) atoms. The molecule has 3 aromatic carbocycles. The highest BCUT2D eigenvalue weighted by atomic mass is 16.5. The predicted octanol–water partition coefficient (Wildman–Crippen LogP) is 4.83. The first-order valence-electron chi connectivity index (χ1n) is 12.7. The van der Waals surface area contributed by atoms with Gasteiger partial charge in [0.15, 0.2) is 0 Å². The molecule has 1 N–H and O–H groups in total. The Morgan fingerprint density at radius 3 is 2.70 bits per heavy atom. The number of nitrogens with zero attached hydrogens (tertiary/aromatic N) is 4. The highest BCUT2D eigenvalue weighted by Crippen LogP contribution is 2.30. The fourth-order valence-corrected chi connectivity index (χ4v) is 5.02. The van der Waals surface area contributed by atoms with Gasteiger partial charge in [-0.15, -0.1) is 0 Å². The fourth-order valence-electron chi connectivity index (χ4n) is 5.02. The lowest BCUT2D eigenvalue weighted by atomic mass is 10.0. The van der Waals surface area contributed by atoms with Crippen molar-refractivity contribution in [3.05, 3.63) is 84.7 Å². The molecule has 1 atom stereocenters. The Balaban J connectivity index is 1.30. The quantitative estimate of drug-likeness (QED) is 0.312. The van der Waals surface area contributed by atoms with Crippen LogP contribution in [0.25, 0.3) is 38.9 Å². The number of para-hydroxylation sites is 1. The van der Waals surface area contributed by atoms with Gasteiger partial charge in [-0.3, -0.25) is 9.47 Å². The van der Waals surface area contributed by atoms with Crippen LogP contribution < -0.4 is 4.74 Å². The number of ether oxygens (including phenoxy) is 2. The van der Waals surface area contributed by atoms with Crippen LogP contribution in [0.2, 0.25) is 0 Å². The molecule has 0 amide bonds. The van der Waals surface area contributed by atoms with Crippen LogP contribution in [0.3, 0.4) is 0 Å². The maximum atomic E-state index is 9.81. The van der Waals surface area contributed by atoms with Crippen LogP contribution in [0.1, 0.15) is 12.0 Å². The standard InChI is InChI=1S/C30H30N4O3/c1-36-15-16-37-25-10-11-28-27(17-25)31-20-34(28)29-12-9-23-3-2-4-26(30(23)32-29)22-7-5-21(6-8-22)18-33-14-13-24(35)19-33/h2-12,17,20,24,35H,13-16,18-19H2,1H3/t24-/m0/s1. The van der Waals surface area contributed by atoms with Crippen molar-refractivity contribution in [2.75, 3.05) is 33.4 Å². The molecule has 1 aliphatic rings. The minimum Gasteiger partial charge on any atom is -0.491 e. The molecule has 7 nitrogen and oxygen atoms in total. The van der Waals surface area contributed by atoms with Crippen LogP contribution in [-0.2, 0) is 11.3 Å². The summed E-state index contributed by atoms with van der Waals surface area (Å²) in [6, 6.07) is 25.1. The third-order valence-corrected chi connectivity index (χ3v) is 6.95. The van der Waals surface area contributed by atoms with E-state index in [4.69, 9.17) is 14.5 Å². The van der Waals surface area contributed by atoms with Crippen LogP contribution in [-0.4, -0.2) is 64.1 Å². The number of fused-ring (bicyclic) bond motifs is 2. The van der Waals surface area contributed by atoms with Crippen molar-refractivity contribution in [3.63, 3.8) is 0 Å². The molecule has 0 unspecified atom stereocenters. The van der Waals surface area contributed by atoms with E-state index in [0.717, 1.165) is 70.7 Å². The number of hydrogen-bond acceptors (Lipinski definition) is 6. The first-order chi connectivity index (χ1) is 18.2. The largest absolute Gasteiger partial charge is 0.491 e. The van der Waals surface area contributed by atoms with E-state index in [1.807, 2.05) is 35.2 Å². The number of rotatable bonds is 8. The highest BCUT2D eigenvalue weighted by molar-refractivity contribution is 5.94. The van der Waals surface area contributed by atoms with Gasteiger partial charge in [0.2, 0.25) is 0 Å². The van der Waals surface area contributed by atoms with E-state index in [2.05, 4.69) is 58.4 Å². The van der Waals surface area contributed by atoms with Crippen molar-refractivity contribution in [1.29, 1.82) is 0 Å². The second-order valence-electron chi connectivity index (χ2n) is 9.53. The van der Waals surface area contributed by atoms with E-state index >= 15 is 0 Å². The molecule has 2 aromatic heterocycles. The average Bonchev–Trinajstić information content (AvgIpc) is 3.54. The van der Waals surface area contributed by atoms with Crippen molar-refractivity contribution in [2.45, 2.75) is 19.1 Å². The lowest BCUT2D eigenvalue weighted by molar-refractivity contribution is 0.146. The van der Waals surface area contributed by atoms with Gasteiger partial charge in [0.1, 0.15) is 24.5 Å². The summed E-state index contributed by atoms with van der Waals surface area (Å²) in [6.07, 6.45) is 2.47. The SMILES string of the molecule is COCCOc1ccc2c(c1)ncn2-c1ccc2cccc(-c3ccc(CN4CC[C@H](O)C4)cc3)c2n1. The summed E-state index contributed by atoms with van der Waals surface area (Å²) in [6.45, 7) is 3.61. The zero-order valence-electron chi connectivity index (χ0n) is 20.9. The van der Waals surface area contributed by atoms with E-state index in [-0.39, 0.29) is 6.10 Å². The Kier molecular flexibility index (Phi) is 6.57. The van der Waals surface area contributed by atoms with Gasteiger partial charge in [-0.1, -0.05) is 42.5 Å². The number of aliphatic hydroxyl groups excluding tert-OH is 1. The van der Waals surface area contributed by atoms with E-state index < -0.39 is 0 Å². The molecule has 1 fully saturated rings. The first-order valence-corrected chi connectivity index (χ1v) is 12.7. The Morgan fingerprint density at radius 2 is 1.89 bits per heavy atom. The number of aliphatic hydroxyl groups is 1. The summed E-state index contributed by atoms with van der Waals surface area (Å²) in [5.74, 6) is 1.59. The van der Waals surface area contributed by atoms with Gasteiger partial charge in [0.25, 0.3) is 0 Å². The van der Waals surface area contributed by atoms with Crippen LogP contribution >= 0.6 is 0 Å². The minimum absolute atomic E-state index is 0.195. The number of imidazole rings is 1. The maximum absolute atomic E-state index is 9.81. The topological polar surface area (TPSA) is 72.6 Å². The van der Waals surface area contributed by atoms with E-state index in [0.29, 0.717) is 13.2 Å². The van der Waals surface area contributed by atoms with Crippen LogP contribution in [0, 0.1) is 0 Å². The Labute approximate surface area is 215 Å². The van der Waals surface area contributed by atoms with E-state index in [1.165, 1.54) is 5.56 Å². The molecule has 7 heteroatoms.